The molecule has 0 saturated heterocycles. The van der Waals surface area contributed by atoms with Crippen LogP contribution in [0.5, 0.6) is 0 Å². The van der Waals surface area contributed by atoms with Gasteiger partial charge in [0, 0.05) is 0 Å². The third kappa shape index (κ3) is 3.19. The van der Waals surface area contributed by atoms with Crippen LogP contribution in [0.15, 0.2) is 24.3 Å². The van der Waals surface area contributed by atoms with E-state index in [4.69, 9.17) is 0 Å². The normalized spacial score (nSPS) is 10.8. The van der Waals surface area contributed by atoms with E-state index in [9.17, 15) is 0 Å². The van der Waals surface area contributed by atoms with Crippen molar-refractivity contribution in [3.8, 4) is 11.1 Å². The van der Waals surface area contributed by atoms with Crippen LogP contribution < -0.4 is 0 Å². The van der Waals surface area contributed by atoms with Crippen LogP contribution in [0.3, 0.4) is 0 Å². The van der Waals surface area contributed by atoms with Gasteiger partial charge in [-0.15, -0.1) is 0 Å². The van der Waals surface area contributed by atoms with Gasteiger partial charge in [-0.05, 0) is 36.8 Å². The summed E-state index contributed by atoms with van der Waals surface area (Å²) >= 11 is 0. The quantitative estimate of drug-likeness (QED) is 0.696. The van der Waals surface area contributed by atoms with Gasteiger partial charge in [-0.3, -0.25) is 0 Å². The molecule has 0 atom stereocenters. The lowest BCUT2D eigenvalue weighted by Gasteiger charge is -2.13. The number of fused-ring (bicyclic) bond motifs is 1. The lowest BCUT2D eigenvalue weighted by Crippen LogP contribution is -2.21. The van der Waals surface area contributed by atoms with Crippen LogP contribution in [0.4, 0.5) is 0 Å². The minimum atomic E-state index is 1.19. The fraction of sp³-hybridized carbons (Fsp3) is 0.500. The van der Waals surface area contributed by atoms with Gasteiger partial charge < -0.3 is 4.90 Å². The minimum Gasteiger partial charge on any atom is -0.304 e. The summed E-state index contributed by atoms with van der Waals surface area (Å²) in [5, 5.41) is 0. The summed E-state index contributed by atoms with van der Waals surface area (Å²) in [5.41, 5.74) is 2.85. The van der Waals surface area contributed by atoms with E-state index in [0.29, 0.717) is 0 Å². The highest BCUT2D eigenvalue weighted by molar-refractivity contribution is 5.80. The molecule has 0 aromatic rings. The maximum Gasteiger partial charge on any atom is -0.00474 e. The van der Waals surface area contributed by atoms with Gasteiger partial charge in [0.25, 0.3) is 0 Å². The summed E-state index contributed by atoms with van der Waals surface area (Å²) in [6.07, 6.45) is 0. The minimum absolute atomic E-state index is 1.19. The zero-order valence-corrected chi connectivity index (χ0v) is 8.88. The van der Waals surface area contributed by atoms with E-state index in [2.05, 4.69) is 49.9 Å². The molecule has 0 aliphatic heterocycles. The highest BCUT2D eigenvalue weighted by Crippen LogP contribution is 2.32. The molecule has 2 rings (SSSR count). The van der Waals surface area contributed by atoms with Crippen molar-refractivity contribution < 1.29 is 0 Å². The molecule has 0 heterocycles. The second kappa shape index (κ2) is 5.03. The average Bonchev–Trinajstić information content (AvgIpc) is 2.78. The van der Waals surface area contributed by atoms with Crippen molar-refractivity contribution in [3.05, 3.63) is 24.3 Å². The fourth-order valence-corrected chi connectivity index (χ4v) is 1.35. The van der Waals surface area contributed by atoms with Crippen LogP contribution in [-0.4, -0.2) is 24.5 Å². The van der Waals surface area contributed by atoms with Crippen LogP contribution in [-0.2, 0) is 0 Å². The van der Waals surface area contributed by atoms with Gasteiger partial charge in [-0.25, -0.2) is 0 Å². The summed E-state index contributed by atoms with van der Waals surface area (Å²) in [4.78, 5) is 2.38. The number of hydrogen-bond donors (Lipinski definition) is 0. The van der Waals surface area contributed by atoms with Crippen molar-refractivity contribution in [2.75, 3.05) is 19.6 Å². The SMILES string of the molecule is CCN(CC)CC.c1cc2cc-2c1. The zero-order valence-electron chi connectivity index (χ0n) is 8.88. The molecule has 1 heteroatoms. The summed E-state index contributed by atoms with van der Waals surface area (Å²) in [6.45, 7) is 10.1. The molecule has 2 aliphatic carbocycles. The first kappa shape index (κ1) is 10.3. The summed E-state index contributed by atoms with van der Waals surface area (Å²) < 4.78 is 0. The Kier molecular flexibility index (Phi) is 3.97. The maximum absolute atomic E-state index is 2.38. The lowest BCUT2D eigenvalue weighted by molar-refractivity contribution is 0.321. The van der Waals surface area contributed by atoms with Crippen LogP contribution in [0.25, 0.3) is 11.1 Å². The molecule has 0 unspecified atom stereocenters. The zero-order chi connectivity index (χ0) is 9.68. The molecule has 2 aliphatic rings. The molecular weight excluding hydrogens is 158 g/mol. The molecule has 0 amide bonds. The molecule has 0 spiro atoms. The Morgan fingerprint density at radius 2 is 1.38 bits per heavy atom. The van der Waals surface area contributed by atoms with Crippen molar-refractivity contribution in [2.45, 2.75) is 20.8 Å². The Bertz CT molecular complexity index is 228. The van der Waals surface area contributed by atoms with Crippen LogP contribution in [0, 0.1) is 0 Å². The van der Waals surface area contributed by atoms with Crippen molar-refractivity contribution in [2.24, 2.45) is 0 Å². The van der Waals surface area contributed by atoms with Crippen molar-refractivity contribution in [3.63, 3.8) is 0 Å². The number of nitrogens with zero attached hydrogens (tertiary/aromatic N) is 1. The van der Waals surface area contributed by atoms with Gasteiger partial charge in [0.15, 0.2) is 0 Å². The predicted octanol–water partition coefficient (Wildman–Crippen LogP) is 3.02. The predicted molar refractivity (Wildman–Crippen MR) is 58.9 cm³/mol. The molecule has 0 saturated carbocycles. The second-order valence-corrected chi connectivity index (χ2v) is 3.20. The van der Waals surface area contributed by atoms with E-state index in [1.165, 1.54) is 30.8 Å². The van der Waals surface area contributed by atoms with Crippen molar-refractivity contribution in [1.29, 1.82) is 0 Å². The number of hydrogen-bond acceptors (Lipinski definition) is 1. The molecule has 1 nitrogen and oxygen atoms in total. The first-order chi connectivity index (χ1) is 6.31. The third-order valence-corrected chi connectivity index (χ3v) is 2.45. The van der Waals surface area contributed by atoms with Gasteiger partial charge in [0.2, 0.25) is 0 Å². The van der Waals surface area contributed by atoms with Crippen molar-refractivity contribution >= 4 is 0 Å². The van der Waals surface area contributed by atoms with E-state index < -0.39 is 0 Å². The second-order valence-electron chi connectivity index (χ2n) is 3.20. The average molecular weight is 177 g/mol. The van der Waals surface area contributed by atoms with E-state index >= 15 is 0 Å². The van der Waals surface area contributed by atoms with Gasteiger partial charge in [-0.2, -0.15) is 0 Å². The van der Waals surface area contributed by atoms with Crippen LogP contribution in [0.1, 0.15) is 20.8 Å². The largest absolute Gasteiger partial charge is 0.304 e. The monoisotopic (exact) mass is 177 g/mol. The number of rotatable bonds is 3. The van der Waals surface area contributed by atoms with Gasteiger partial charge in [-0.1, -0.05) is 39.0 Å². The van der Waals surface area contributed by atoms with E-state index in [1.54, 1.807) is 0 Å². The Morgan fingerprint density at radius 3 is 1.46 bits per heavy atom. The number of benzene rings is 1. The Hall–Kier alpha value is -0.820. The molecular formula is C12H19N. The standard InChI is InChI=1S/C6H15N.C6H4/c1-4-7(5-2)6-3;1-2-5-4-6(5)3-1/h4-6H2,1-3H3;1-4H. The van der Waals surface area contributed by atoms with Gasteiger partial charge in [0.05, 0.1) is 0 Å². The topological polar surface area (TPSA) is 3.24 Å². The lowest BCUT2D eigenvalue weighted by atomic mass is 10.5. The van der Waals surface area contributed by atoms with Crippen LogP contribution in [0.2, 0.25) is 0 Å². The smallest absolute Gasteiger partial charge is 0.00474 e. The summed E-state index contributed by atoms with van der Waals surface area (Å²) in [5.74, 6) is 0. The molecule has 0 N–H and O–H groups in total. The Balaban J connectivity index is 0.000000130. The third-order valence-electron chi connectivity index (χ3n) is 2.45. The Labute approximate surface area is 81.4 Å². The molecule has 72 valence electrons. The van der Waals surface area contributed by atoms with E-state index in [-0.39, 0.29) is 0 Å². The van der Waals surface area contributed by atoms with E-state index in [1.807, 2.05) is 0 Å². The van der Waals surface area contributed by atoms with Gasteiger partial charge >= 0.3 is 0 Å². The molecule has 0 aromatic carbocycles. The molecule has 0 aromatic heterocycles. The van der Waals surface area contributed by atoms with Crippen LogP contribution >= 0.6 is 0 Å². The first-order valence-electron chi connectivity index (χ1n) is 5.14. The molecule has 0 bridgehead atoms. The highest BCUT2D eigenvalue weighted by atomic mass is 15.1. The maximum atomic E-state index is 2.38. The van der Waals surface area contributed by atoms with E-state index in [0.717, 1.165) is 0 Å². The van der Waals surface area contributed by atoms with Crippen molar-refractivity contribution in [1.82, 2.24) is 4.90 Å². The summed E-state index contributed by atoms with van der Waals surface area (Å²) in [7, 11) is 0. The summed E-state index contributed by atoms with van der Waals surface area (Å²) in [6, 6.07) is 8.48. The fourth-order valence-electron chi connectivity index (χ4n) is 1.35. The Morgan fingerprint density at radius 1 is 0.923 bits per heavy atom. The molecule has 0 fully saturated rings. The van der Waals surface area contributed by atoms with Gasteiger partial charge in [0.1, 0.15) is 0 Å². The molecule has 0 radical (unpaired) electrons. The highest BCUT2D eigenvalue weighted by Gasteiger charge is 2.06. The first-order valence-corrected chi connectivity index (χ1v) is 5.14. The molecule has 13 heavy (non-hydrogen) atoms.